The van der Waals surface area contributed by atoms with Crippen LogP contribution in [0.1, 0.15) is 27.7 Å². The van der Waals surface area contributed by atoms with Gasteiger partial charge in [0, 0.05) is 36.1 Å². The van der Waals surface area contributed by atoms with Crippen LogP contribution in [-0.2, 0) is 4.79 Å². The van der Waals surface area contributed by atoms with Crippen molar-refractivity contribution >= 4 is 17.7 Å². The molecule has 0 aliphatic carbocycles. The standard InChI is InChI=1S/C12H24N2OS/c1-5-13-8-10(2)11(15)14-6-7-16-12(3,4)9-14/h10,13H,5-9H2,1-4H3. The molecule has 1 fully saturated rings. The molecule has 94 valence electrons. The molecule has 0 bridgehead atoms. The Morgan fingerprint density at radius 3 is 2.81 bits per heavy atom. The van der Waals surface area contributed by atoms with E-state index in [2.05, 4.69) is 26.1 Å². The van der Waals surface area contributed by atoms with Gasteiger partial charge >= 0.3 is 0 Å². The highest BCUT2D eigenvalue weighted by atomic mass is 32.2. The first kappa shape index (κ1) is 13.8. The van der Waals surface area contributed by atoms with Crippen LogP contribution in [0.2, 0.25) is 0 Å². The quantitative estimate of drug-likeness (QED) is 0.815. The van der Waals surface area contributed by atoms with Crippen LogP contribution in [0.4, 0.5) is 0 Å². The maximum atomic E-state index is 12.2. The Morgan fingerprint density at radius 1 is 1.56 bits per heavy atom. The van der Waals surface area contributed by atoms with Gasteiger partial charge in [-0.05, 0) is 20.4 Å². The van der Waals surface area contributed by atoms with Crippen molar-refractivity contribution in [2.45, 2.75) is 32.4 Å². The largest absolute Gasteiger partial charge is 0.340 e. The fraction of sp³-hybridized carbons (Fsp3) is 0.917. The molecule has 1 saturated heterocycles. The minimum absolute atomic E-state index is 0.0962. The number of thioether (sulfide) groups is 1. The van der Waals surface area contributed by atoms with Crippen LogP contribution in [0.15, 0.2) is 0 Å². The van der Waals surface area contributed by atoms with Gasteiger partial charge in [-0.1, -0.05) is 13.8 Å². The molecule has 1 atom stereocenters. The van der Waals surface area contributed by atoms with Crippen molar-refractivity contribution in [1.82, 2.24) is 10.2 Å². The smallest absolute Gasteiger partial charge is 0.226 e. The lowest BCUT2D eigenvalue weighted by Crippen LogP contribution is -2.49. The van der Waals surface area contributed by atoms with Gasteiger partial charge in [0.2, 0.25) is 5.91 Å². The van der Waals surface area contributed by atoms with Crippen LogP contribution in [0.5, 0.6) is 0 Å². The van der Waals surface area contributed by atoms with Crippen LogP contribution in [0.3, 0.4) is 0 Å². The third-order valence-electron chi connectivity index (χ3n) is 2.86. The number of nitrogens with one attached hydrogen (secondary N) is 1. The average molecular weight is 244 g/mol. The first-order valence-electron chi connectivity index (χ1n) is 6.10. The second kappa shape index (κ2) is 5.92. The highest BCUT2D eigenvalue weighted by Gasteiger charge is 2.31. The Morgan fingerprint density at radius 2 is 2.25 bits per heavy atom. The van der Waals surface area contributed by atoms with Gasteiger partial charge in [-0.25, -0.2) is 0 Å². The molecule has 1 amide bonds. The van der Waals surface area contributed by atoms with Crippen molar-refractivity contribution in [2.24, 2.45) is 5.92 Å². The van der Waals surface area contributed by atoms with E-state index in [4.69, 9.17) is 0 Å². The Labute approximate surface area is 103 Å². The lowest BCUT2D eigenvalue weighted by molar-refractivity contribution is -0.135. The molecule has 3 nitrogen and oxygen atoms in total. The minimum Gasteiger partial charge on any atom is -0.340 e. The molecule has 1 aliphatic rings. The number of nitrogens with zero attached hydrogens (tertiary/aromatic N) is 1. The molecule has 0 radical (unpaired) electrons. The van der Waals surface area contributed by atoms with Gasteiger partial charge in [-0.3, -0.25) is 4.79 Å². The molecule has 1 aliphatic heterocycles. The van der Waals surface area contributed by atoms with E-state index in [9.17, 15) is 4.79 Å². The second-order valence-electron chi connectivity index (χ2n) is 5.08. The number of carbonyl (C=O) groups is 1. The van der Waals surface area contributed by atoms with Crippen molar-refractivity contribution in [3.8, 4) is 0 Å². The first-order chi connectivity index (χ1) is 7.46. The number of hydrogen-bond acceptors (Lipinski definition) is 3. The van der Waals surface area contributed by atoms with Crippen molar-refractivity contribution in [2.75, 3.05) is 31.9 Å². The Hall–Kier alpha value is -0.220. The van der Waals surface area contributed by atoms with Crippen molar-refractivity contribution in [3.63, 3.8) is 0 Å². The van der Waals surface area contributed by atoms with Crippen LogP contribution in [-0.4, -0.2) is 47.5 Å². The first-order valence-corrected chi connectivity index (χ1v) is 7.08. The third-order valence-corrected chi connectivity index (χ3v) is 4.16. The van der Waals surface area contributed by atoms with Crippen molar-refractivity contribution < 1.29 is 4.79 Å². The van der Waals surface area contributed by atoms with E-state index in [1.165, 1.54) is 0 Å². The molecule has 1 rings (SSSR count). The summed E-state index contributed by atoms with van der Waals surface area (Å²) in [6, 6.07) is 0. The summed E-state index contributed by atoms with van der Waals surface area (Å²) in [6.45, 7) is 12.0. The molecule has 16 heavy (non-hydrogen) atoms. The molecule has 0 aromatic carbocycles. The monoisotopic (exact) mass is 244 g/mol. The molecule has 1 unspecified atom stereocenters. The van der Waals surface area contributed by atoms with Crippen molar-refractivity contribution in [1.29, 1.82) is 0 Å². The Bertz CT molecular complexity index is 243. The van der Waals surface area contributed by atoms with E-state index in [-0.39, 0.29) is 10.7 Å². The Balaban J connectivity index is 2.46. The van der Waals surface area contributed by atoms with Crippen LogP contribution < -0.4 is 5.32 Å². The molecule has 1 N–H and O–H groups in total. The lowest BCUT2D eigenvalue weighted by atomic mass is 10.1. The van der Waals surface area contributed by atoms with E-state index < -0.39 is 0 Å². The number of hydrogen-bond donors (Lipinski definition) is 1. The van der Waals surface area contributed by atoms with Gasteiger partial charge in [0.15, 0.2) is 0 Å². The normalized spacial score (nSPS) is 21.9. The fourth-order valence-corrected chi connectivity index (χ4v) is 3.08. The highest BCUT2D eigenvalue weighted by molar-refractivity contribution is 8.00. The summed E-state index contributed by atoms with van der Waals surface area (Å²) in [7, 11) is 0. The maximum absolute atomic E-state index is 12.2. The van der Waals surface area contributed by atoms with E-state index in [1.54, 1.807) is 0 Å². The minimum atomic E-state index is 0.0962. The zero-order chi connectivity index (χ0) is 12.2. The second-order valence-corrected chi connectivity index (χ2v) is 6.88. The highest BCUT2D eigenvalue weighted by Crippen LogP contribution is 2.29. The molecule has 1 heterocycles. The predicted octanol–water partition coefficient (Wildman–Crippen LogP) is 1.59. The summed E-state index contributed by atoms with van der Waals surface area (Å²) in [5.41, 5.74) is 0. The number of amides is 1. The predicted molar refractivity (Wildman–Crippen MR) is 70.8 cm³/mol. The summed E-state index contributed by atoms with van der Waals surface area (Å²) in [4.78, 5) is 14.2. The molecular formula is C12H24N2OS. The van der Waals surface area contributed by atoms with Gasteiger partial charge < -0.3 is 10.2 Å². The zero-order valence-corrected chi connectivity index (χ0v) is 11.7. The lowest BCUT2D eigenvalue weighted by Gasteiger charge is -2.38. The van der Waals surface area contributed by atoms with Gasteiger partial charge in [0.25, 0.3) is 0 Å². The van der Waals surface area contributed by atoms with Gasteiger partial charge in [0.05, 0.1) is 0 Å². The fourth-order valence-electron chi connectivity index (χ4n) is 1.96. The molecule has 0 aromatic rings. The topological polar surface area (TPSA) is 32.3 Å². The molecule has 0 spiro atoms. The van der Waals surface area contributed by atoms with E-state index >= 15 is 0 Å². The van der Waals surface area contributed by atoms with Crippen LogP contribution in [0, 0.1) is 5.92 Å². The molecule has 0 saturated carbocycles. The van der Waals surface area contributed by atoms with E-state index in [0.717, 1.165) is 31.9 Å². The number of rotatable bonds is 4. The van der Waals surface area contributed by atoms with Gasteiger partial charge in [-0.2, -0.15) is 11.8 Å². The molecule has 0 aromatic heterocycles. The summed E-state index contributed by atoms with van der Waals surface area (Å²) in [5.74, 6) is 1.46. The molecular weight excluding hydrogens is 220 g/mol. The average Bonchev–Trinajstić information content (AvgIpc) is 2.23. The summed E-state index contributed by atoms with van der Waals surface area (Å²) < 4.78 is 0.214. The van der Waals surface area contributed by atoms with Gasteiger partial charge in [0.1, 0.15) is 0 Å². The summed E-state index contributed by atoms with van der Waals surface area (Å²) in [5, 5.41) is 3.24. The van der Waals surface area contributed by atoms with Gasteiger partial charge in [-0.15, -0.1) is 0 Å². The maximum Gasteiger partial charge on any atom is 0.226 e. The van der Waals surface area contributed by atoms with Crippen molar-refractivity contribution in [3.05, 3.63) is 0 Å². The summed E-state index contributed by atoms with van der Waals surface area (Å²) >= 11 is 1.96. The SMILES string of the molecule is CCNCC(C)C(=O)N1CCSC(C)(C)C1. The van der Waals surface area contributed by atoms with Crippen LogP contribution in [0.25, 0.3) is 0 Å². The molecule has 4 heteroatoms. The van der Waals surface area contributed by atoms with Crippen LogP contribution >= 0.6 is 11.8 Å². The Kier molecular flexibility index (Phi) is 5.12. The third kappa shape index (κ3) is 3.98. The van der Waals surface area contributed by atoms with E-state index in [0.29, 0.717) is 5.91 Å². The summed E-state index contributed by atoms with van der Waals surface area (Å²) in [6.07, 6.45) is 0. The van der Waals surface area contributed by atoms with E-state index in [1.807, 2.05) is 23.6 Å². The zero-order valence-electron chi connectivity index (χ0n) is 10.9. The number of carbonyl (C=O) groups excluding carboxylic acids is 1.